The molecule has 0 fully saturated rings. The number of Topliss-reactive ketones (excluding diaryl/α,β-unsaturated/α-hetero) is 1. The van der Waals surface area contributed by atoms with Gasteiger partial charge in [-0.2, -0.15) is 0 Å². The molecule has 0 spiro atoms. The number of carbonyl (C=O) groups excluding carboxylic acids is 4. The topological polar surface area (TPSA) is 218 Å². The zero-order valence-electron chi connectivity index (χ0n) is 30.6. The molecule has 3 aliphatic rings. The van der Waals surface area contributed by atoms with Crippen molar-refractivity contribution in [1.82, 2.24) is 0 Å². The number of aliphatic hydroxyl groups is 2. The SMILES string of the molecule is CO[C@H]1/C=C/O[C@@]2(C)Oc3c(C)c(O)c4c(O)c(c(C=O)c(O)c4c3C2=O)NC(=O)C(C)=C/C=C/[C@H](C)[C@H](O)[C@@H](C)[C@@H](O)[C@@H](C)[C@H](OC(C)=O)[C@@H]1C. The first-order chi connectivity index (χ1) is 24.3. The monoisotopic (exact) mass is 725 g/mol. The molecule has 5 rings (SSSR count). The van der Waals surface area contributed by atoms with Crippen LogP contribution in [0.2, 0.25) is 0 Å². The first kappa shape index (κ1) is 39.9. The van der Waals surface area contributed by atoms with E-state index in [-0.39, 0.29) is 28.7 Å². The maximum absolute atomic E-state index is 14.0. The van der Waals surface area contributed by atoms with Gasteiger partial charge in [-0.1, -0.05) is 45.9 Å². The molecule has 0 unspecified atom stereocenters. The fourth-order valence-electron chi connectivity index (χ4n) is 6.86. The van der Waals surface area contributed by atoms with E-state index in [4.69, 9.17) is 18.9 Å². The summed E-state index contributed by atoms with van der Waals surface area (Å²) >= 11 is 0. The number of methoxy groups -OCH3 is 1. The molecular formula is C38H47NO13. The van der Waals surface area contributed by atoms with Crippen LogP contribution in [0.25, 0.3) is 10.8 Å². The van der Waals surface area contributed by atoms with Crippen LogP contribution in [-0.4, -0.2) is 86.8 Å². The lowest BCUT2D eigenvalue weighted by molar-refractivity contribution is -0.160. The number of ether oxygens (including phenoxy) is 4. The van der Waals surface area contributed by atoms with Gasteiger partial charge >= 0.3 is 11.8 Å². The van der Waals surface area contributed by atoms with Crippen LogP contribution in [0.15, 0.2) is 36.1 Å². The Labute approximate surface area is 301 Å². The largest absolute Gasteiger partial charge is 0.507 e. The number of benzene rings is 2. The molecule has 52 heavy (non-hydrogen) atoms. The third-order valence-electron chi connectivity index (χ3n) is 10.2. The number of hydrogen-bond acceptors (Lipinski definition) is 13. The Morgan fingerprint density at radius 3 is 2.19 bits per heavy atom. The highest BCUT2D eigenvalue weighted by atomic mass is 16.7. The van der Waals surface area contributed by atoms with Crippen LogP contribution in [0.3, 0.4) is 0 Å². The van der Waals surface area contributed by atoms with E-state index in [1.54, 1.807) is 33.8 Å². The van der Waals surface area contributed by atoms with Gasteiger partial charge in [-0.15, -0.1) is 0 Å². The van der Waals surface area contributed by atoms with Crippen molar-refractivity contribution in [2.24, 2.45) is 23.7 Å². The zero-order chi connectivity index (χ0) is 39.0. The average molecular weight is 726 g/mol. The number of nitrogens with one attached hydrogen (secondary N) is 1. The molecule has 0 aliphatic carbocycles. The molecule has 9 atom stereocenters. The Morgan fingerprint density at radius 2 is 1.60 bits per heavy atom. The number of aldehydes is 1. The summed E-state index contributed by atoms with van der Waals surface area (Å²) in [5, 5.41) is 58.2. The van der Waals surface area contributed by atoms with Gasteiger partial charge in [-0.3, -0.25) is 19.2 Å². The van der Waals surface area contributed by atoms with Crippen LogP contribution in [0.1, 0.15) is 74.7 Å². The number of esters is 1. The normalized spacial score (nSPS) is 31.3. The lowest BCUT2D eigenvalue weighted by atomic mass is 9.78. The number of hydrogen-bond donors (Lipinski definition) is 6. The second kappa shape index (κ2) is 15.4. The van der Waals surface area contributed by atoms with E-state index in [1.165, 1.54) is 53.0 Å². The number of phenols is 3. The van der Waals surface area contributed by atoms with Crippen molar-refractivity contribution in [2.45, 2.75) is 85.6 Å². The highest BCUT2D eigenvalue weighted by Crippen LogP contribution is 2.55. The number of amides is 1. The Morgan fingerprint density at radius 1 is 0.942 bits per heavy atom. The van der Waals surface area contributed by atoms with Gasteiger partial charge in [0, 0.05) is 61.2 Å². The van der Waals surface area contributed by atoms with Gasteiger partial charge in [0.2, 0.25) is 0 Å². The molecule has 3 aliphatic heterocycles. The number of rotatable bonds is 3. The summed E-state index contributed by atoms with van der Waals surface area (Å²) in [6.45, 7) is 12.2. The van der Waals surface area contributed by atoms with Crippen molar-refractivity contribution >= 4 is 40.4 Å². The number of anilines is 1. The molecule has 1 amide bonds. The molecule has 2 aromatic rings. The maximum Gasteiger partial charge on any atom is 0.312 e. The second-order valence-corrected chi connectivity index (χ2v) is 13.7. The molecule has 0 aromatic heterocycles. The molecule has 0 radical (unpaired) electrons. The fraction of sp³-hybridized carbons (Fsp3) is 0.474. The Bertz CT molecular complexity index is 1860. The molecule has 282 valence electrons. The van der Waals surface area contributed by atoms with E-state index in [0.717, 1.165) is 6.26 Å². The first-order valence-electron chi connectivity index (χ1n) is 16.9. The highest BCUT2D eigenvalue weighted by Gasteiger charge is 2.50. The van der Waals surface area contributed by atoms with Crippen LogP contribution in [0.5, 0.6) is 23.0 Å². The minimum absolute atomic E-state index is 0.00425. The predicted octanol–water partition coefficient (Wildman–Crippen LogP) is 4.57. The van der Waals surface area contributed by atoms with Crippen molar-refractivity contribution in [2.75, 3.05) is 12.4 Å². The average Bonchev–Trinajstić information content (AvgIpc) is 3.36. The zero-order valence-corrected chi connectivity index (χ0v) is 30.6. The molecule has 0 saturated carbocycles. The predicted molar refractivity (Wildman–Crippen MR) is 189 cm³/mol. The number of aromatic hydroxyl groups is 3. The summed E-state index contributed by atoms with van der Waals surface area (Å²) in [4.78, 5) is 51.8. The molecular weight excluding hydrogens is 678 g/mol. The van der Waals surface area contributed by atoms with Gasteiger partial charge < -0.3 is 49.8 Å². The highest BCUT2D eigenvalue weighted by molar-refractivity contribution is 6.23. The number of aliphatic hydroxyl groups excluding tert-OH is 2. The summed E-state index contributed by atoms with van der Waals surface area (Å²) in [5.41, 5.74) is -1.27. The molecule has 5 bridgehead atoms. The Kier molecular flexibility index (Phi) is 11.8. The summed E-state index contributed by atoms with van der Waals surface area (Å²) in [5.74, 6) is -9.19. The Balaban J connectivity index is 1.93. The molecule has 3 heterocycles. The third kappa shape index (κ3) is 7.10. The minimum atomic E-state index is -2.08. The number of carbonyl (C=O) groups is 4. The number of allylic oxidation sites excluding steroid dienone is 2. The van der Waals surface area contributed by atoms with Gasteiger partial charge in [-0.25, -0.2) is 0 Å². The molecule has 6 N–H and O–H groups in total. The summed E-state index contributed by atoms with van der Waals surface area (Å²) < 4.78 is 23.1. The van der Waals surface area contributed by atoms with Crippen LogP contribution >= 0.6 is 0 Å². The van der Waals surface area contributed by atoms with Crippen LogP contribution in [-0.2, 0) is 23.8 Å². The van der Waals surface area contributed by atoms with Gasteiger partial charge in [0.15, 0.2) is 12.0 Å². The molecule has 2 aromatic carbocycles. The second-order valence-electron chi connectivity index (χ2n) is 13.7. The van der Waals surface area contributed by atoms with Gasteiger partial charge in [-0.05, 0) is 19.9 Å². The van der Waals surface area contributed by atoms with E-state index in [9.17, 15) is 44.7 Å². The van der Waals surface area contributed by atoms with Gasteiger partial charge in [0.05, 0.1) is 46.8 Å². The van der Waals surface area contributed by atoms with Crippen molar-refractivity contribution in [1.29, 1.82) is 0 Å². The Hall–Kier alpha value is -4.92. The number of fused-ring (bicyclic) bond motifs is 14. The maximum atomic E-state index is 14.0. The van der Waals surface area contributed by atoms with Crippen molar-refractivity contribution in [3.63, 3.8) is 0 Å². The fourth-order valence-corrected chi connectivity index (χ4v) is 6.86. The summed E-state index contributed by atoms with van der Waals surface area (Å²) in [7, 11) is 1.41. The molecule has 0 saturated heterocycles. The number of ketones is 1. The quantitative estimate of drug-likeness (QED) is 0.111. The standard InChI is InChI=1S/C38H47NO13/c1-16-11-10-12-17(2)37(48)39-28-23(15-40)32(45)25-26(33(28)46)31(44)21(6)35-27(25)36(47)38(8,52-35)50-14-13-24(49-9)18(3)34(51-22(7)41)20(5)30(43)19(4)29(16)42/h10-16,18-20,24,29-30,34,42-46H,1-9H3,(H,39,48)/b11-10+,14-13+,17-12?/t16-,18+,19+,20+,24-,29-,30+,34+,38-/m0/s1. The van der Waals surface area contributed by atoms with Crippen molar-refractivity contribution < 1.29 is 63.7 Å². The van der Waals surface area contributed by atoms with Crippen molar-refractivity contribution in [3.05, 3.63) is 52.8 Å². The minimum Gasteiger partial charge on any atom is -0.507 e. The van der Waals surface area contributed by atoms with Crippen molar-refractivity contribution in [3.8, 4) is 23.0 Å². The van der Waals surface area contributed by atoms with E-state index in [2.05, 4.69) is 5.32 Å². The summed E-state index contributed by atoms with van der Waals surface area (Å²) in [6, 6.07) is 0. The summed E-state index contributed by atoms with van der Waals surface area (Å²) in [6.07, 6.45) is 3.41. The van der Waals surface area contributed by atoms with E-state index >= 15 is 0 Å². The number of phenolic OH excluding ortho intramolecular Hbond substituents is 3. The van der Waals surface area contributed by atoms with Crippen LogP contribution < -0.4 is 10.1 Å². The molecule has 14 nitrogen and oxygen atoms in total. The van der Waals surface area contributed by atoms with Gasteiger partial charge in [0.25, 0.3) is 11.7 Å². The van der Waals surface area contributed by atoms with Crippen LogP contribution in [0.4, 0.5) is 5.69 Å². The van der Waals surface area contributed by atoms with E-state index in [0.29, 0.717) is 0 Å². The lowest BCUT2D eigenvalue weighted by Gasteiger charge is -2.38. The lowest BCUT2D eigenvalue weighted by Crippen LogP contribution is -2.46. The molecule has 14 heteroatoms. The van der Waals surface area contributed by atoms with E-state index in [1.807, 2.05) is 0 Å². The van der Waals surface area contributed by atoms with Gasteiger partial charge in [0.1, 0.15) is 23.4 Å². The first-order valence-corrected chi connectivity index (χ1v) is 16.9. The third-order valence-corrected chi connectivity index (χ3v) is 10.2. The smallest absolute Gasteiger partial charge is 0.312 e. The van der Waals surface area contributed by atoms with E-state index < -0.39 is 111 Å². The van der Waals surface area contributed by atoms with Crippen LogP contribution in [0, 0.1) is 30.6 Å².